The maximum atomic E-state index is 12.1. The Morgan fingerprint density at radius 1 is 1.17 bits per heavy atom. The molecule has 0 fully saturated rings. The van der Waals surface area contributed by atoms with Crippen LogP contribution in [0.5, 0.6) is 0 Å². The van der Waals surface area contributed by atoms with E-state index in [0.29, 0.717) is 11.1 Å². The van der Waals surface area contributed by atoms with Gasteiger partial charge < -0.3 is 10.4 Å². The second-order valence-electron chi connectivity index (χ2n) is 4.76. The summed E-state index contributed by atoms with van der Waals surface area (Å²) in [6, 6.07) is 11.3. The van der Waals surface area contributed by atoms with Gasteiger partial charge in [-0.1, -0.05) is 12.1 Å². The van der Waals surface area contributed by atoms with E-state index < -0.39 is 16.6 Å². The Morgan fingerprint density at radius 2 is 1.79 bits per heavy atom. The Hall–Kier alpha value is -3.73. The summed E-state index contributed by atoms with van der Waals surface area (Å²) in [5, 5.41) is 31.3. The minimum absolute atomic E-state index is 0.0481. The molecule has 0 amide bonds. The van der Waals surface area contributed by atoms with Crippen LogP contribution in [0.25, 0.3) is 0 Å². The first-order valence-corrected chi connectivity index (χ1v) is 6.71. The third-order valence-electron chi connectivity index (χ3n) is 3.22. The number of anilines is 1. The van der Waals surface area contributed by atoms with E-state index in [1.54, 1.807) is 0 Å². The van der Waals surface area contributed by atoms with Crippen molar-refractivity contribution < 1.29 is 19.6 Å². The molecule has 2 aromatic carbocycles. The van der Waals surface area contributed by atoms with Crippen molar-refractivity contribution in [3.8, 4) is 6.07 Å². The number of hydrogen-bond donors (Lipinski definition) is 2. The summed E-state index contributed by atoms with van der Waals surface area (Å²) in [7, 11) is 0. The summed E-state index contributed by atoms with van der Waals surface area (Å²) in [5.41, 5.74) is 0.172. The van der Waals surface area contributed by atoms with Gasteiger partial charge in [0.15, 0.2) is 5.78 Å². The minimum atomic E-state index is -1.28. The number of nitro benzene ring substituents is 1. The van der Waals surface area contributed by atoms with Crippen LogP contribution in [0.1, 0.15) is 26.3 Å². The fourth-order valence-corrected chi connectivity index (χ4v) is 1.97. The molecule has 0 atom stereocenters. The Bertz CT molecular complexity index is 853. The van der Waals surface area contributed by atoms with E-state index in [1.165, 1.54) is 36.4 Å². The van der Waals surface area contributed by atoms with Crippen LogP contribution in [0, 0.1) is 21.4 Å². The van der Waals surface area contributed by atoms with Gasteiger partial charge in [-0.3, -0.25) is 14.9 Å². The molecule has 2 rings (SSSR count). The molecule has 2 aromatic rings. The van der Waals surface area contributed by atoms with Gasteiger partial charge in [-0.15, -0.1) is 0 Å². The van der Waals surface area contributed by atoms with Gasteiger partial charge in [0, 0.05) is 11.6 Å². The molecule has 0 spiro atoms. The number of benzene rings is 2. The molecule has 0 aliphatic carbocycles. The van der Waals surface area contributed by atoms with Gasteiger partial charge in [-0.25, -0.2) is 4.79 Å². The zero-order chi connectivity index (χ0) is 17.7. The summed E-state index contributed by atoms with van der Waals surface area (Å²) in [4.78, 5) is 33.3. The highest BCUT2D eigenvalue weighted by atomic mass is 16.6. The van der Waals surface area contributed by atoms with Crippen LogP contribution in [-0.4, -0.2) is 28.3 Å². The highest BCUT2D eigenvalue weighted by Crippen LogP contribution is 2.25. The first-order chi connectivity index (χ1) is 11.4. The number of nitro groups is 1. The number of carboxylic acids is 1. The number of nitrogens with one attached hydrogen (secondary N) is 1. The van der Waals surface area contributed by atoms with Crippen LogP contribution in [0.15, 0.2) is 42.5 Å². The van der Waals surface area contributed by atoms with E-state index in [9.17, 15) is 19.7 Å². The van der Waals surface area contributed by atoms with Gasteiger partial charge in [-0.05, 0) is 24.3 Å². The van der Waals surface area contributed by atoms with E-state index in [2.05, 4.69) is 5.32 Å². The number of carbonyl (C=O) groups excluding carboxylic acids is 1. The Morgan fingerprint density at radius 3 is 2.33 bits per heavy atom. The van der Waals surface area contributed by atoms with Crippen molar-refractivity contribution >= 4 is 23.1 Å². The van der Waals surface area contributed by atoms with E-state index >= 15 is 0 Å². The van der Waals surface area contributed by atoms with Gasteiger partial charge >= 0.3 is 5.97 Å². The molecular weight excluding hydrogens is 314 g/mol. The molecule has 0 aliphatic rings. The Balaban J connectivity index is 2.16. The van der Waals surface area contributed by atoms with Crippen molar-refractivity contribution in [2.24, 2.45) is 0 Å². The number of rotatable bonds is 6. The fourth-order valence-electron chi connectivity index (χ4n) is 1.97. The number of Topliss-reactive ketones (excluding diaryl/α,β-unsaturated/α-hetero) is 1. The molecule has 8 heteroatoms. The predicted octanol–water partition coefficient (Wildman–Crippen LogP) is 2.46. The average molecular weight is 325 g/mol. The molecule has 2 N–H and O–H groups in total. The van der Waals surface area contributed by atoms with E-state index in [1.807, 2.05) is 6.07 Å². The van der Waals surface area contributed by atoms with Crippen molar-refractivity contribution in [3.05, 3.63) is 69.3 Å². The van der Waals surface area contributed by atoms with E-state index in [-0.39, 0.29) is 23.6 Å². The number of nitrogens with zero attached hydrogens (tertiary/aromatic N) is 2. The Kier molecular flexibility index (Phi) is 4.87. The fraction of sp³-hybridized carbons (Fsp3) is 0.0625. The second kappa shape index (κ2) is 7.02. The van der Waals surface area contributed by atoms with Crippen LogP contribution in [-0.2, 0) is 0 Å². The van der Waals surface area contributed by atoms with Crippen LogP contribution >= 0.6 is 0 Å². The number of nitriles is 1. The van der Waals surface area contributed by atoms with Crippen molar-refractivity contribution in [2.45, 2.75) is 0 Å². The normalized spacial score (nSPS) is 9.79. The van der Waals surface area contributed by atoms with Crippen LogP contribution in [0.2, 0.25) is 0 Å². The second-order valence-corrected chi connectivity index (χ2v) is 4.76. The molecule has 0 saturated heterocycles. The predicted molar refractivity (Wildman–Crippen MR) is 84.0 cm³/mol. The molecule has 0 aliphatic heterocycles. The van der Waals surface area contributed by atoms with Crippen molar-refractivity contribution in [1.29, 1.82) is 5.26 Å². The highest BCUT2D eigenvalue weighted by Gasteiger charge is 2.18. The summed E-state index contributed by atoms with van der Waals surface area (Å²) in [6.07, 6.45) is 0. The minimum Gasteiger partial charge on any atom is -0.478 e. The Labute approximate surface area is 136 Å². The molecule has 0 saturated carbocycles. The lowest BCUT2D eigenvalue weighted by Crippen LogP contribution is -2.15. The van der Waals surface area contributed by atoms with Crippen molar-refractivity contribution in [3.63, 3.8) is 0 Å². The lowest BCUT2D eigenvalue weighted by molar-refractivity contribution is -0.384. The highest BCUT2D eigenvalue weighted by molar-refractivity contribution is 5.99. The topological polar surface area (TPSA) is 133 Å². The van der Waals surface area contributed by atoms with Gasteiger partial charge in [0.05, 0.1) is 28.7 Å². The van der Waals surface area contributed by atoms with Crippen LogP contribution < -0.4 is 5.32 Å². The largest absolute Gasteiger partial charge is 0.478 e. The van der Waals surface area contributed by atoms with Crippen LogP contribution in [0.3, 0.4) is 0 Å². The lowest BCUT2D eigenvalue weighted by Gasteiger charge is -2.07. The number of hydrogen-bond acceptors (Lipinski definition) is 6. The molecule has 24 heavy (non-hydrogen) atoms. The summed E-state index contributed by atoms with van der Waals surface area (Å²) in [6.45, 7) is -0.209. The first-order valence-electron chi connectivity index (χ1n) is 6.71. The molecule has 0 aromatic heterocycles. The summed E-state index contributed by atoms with van der Waals surface area (Å²) < 4.78 is 0. The van der Waals surface area contributed by atoms with Gasteiger partial charge in [-0.2, -0.15) is 5.26 Å². The number of carboxylic acid groups (broad SMARTS) is 1. The third-order valence-corrected chi connectivity index (χ3v) is 3.22. The molecule has 0 unspecified atom stereocenters. The number of aromatic carboxylic acids is 1. The average Bonchev–Trinajstić information content (AvgIpc) is 2.59. The number of carbonyl (C=O) groups is 2. The van der Waals surface area contributed by atoms with Gasteiger partial charge in [0.1, 0.15) is 5.69 Å². The monoisotopic (exact) mass is 325 g/mol. The molecule has 0 radical (unpaired) electrons. The zero-order valence-electron chi connectivity index (χ0n) is 12.2. The van der Waals surface area contributed by atoms with E-state index in [4.69, 9.17) is 10.4 Å². The molecular formula is C16H11N3O5. The third kappa shape index (κ3) is 3.72. The molecule has 120 valence electrons. The SMILES string of the molecule is N#Cc1ccc(C(=O)CNc2ccc(C(=O)O)cc2[N+](=O)[O-])cc1. The first kappa shape index (κ1) is 16.6. The number of ketones is 1. The maximum absolute atomic E-state index is 12.1. The summed E-state index contributed by atoms with van der Waals surface area (Å²) in [5.74, 6) is -1.60. The lowest BCUT2D eigenvalue weighted by atomic mass is 10.1. The van der Waals surface area contributed by atoms with Gasteiger partial charge in [0.2, 0.25) is 0 Å². The van der Waals surface area contributed by atoms with Crippen molar-refractivity contribution in [1.82, 2.24) is 0 Å². The smallest absolute Gasteiger partial charge is 0.335 e. The molecule has 0 bridgehead atoms. The van der Waals surface area contributed by atoms with Gasteiger partial charge in [0.25, 0.3) is 5.69 Å². The summed E-state index contributed by atoms with van der Waals surface area (Å²) >= 11 is 0. The van der Waals surface area contributed by atoms with Crippen molar-refractivity contribution in [2.75, 3.05) is 11.9 Å². The van der Waals surface area contributed by atoms with E-state index in [0.717, 1.165) is 6.07 Å². The molecule has 0 heterocycles. The maximum Gasteiger partial charge on any atom is 0.335 e. The zero-order valence-corrected chi connectivity index (χ0v) is 12.2. The molecule has 8 nitrogen and oxygen atoms in total. The standard InChI is InChI=1S/C16H11N3O5/c17-8-10-1-3-11(4-2-10)15(20)9-18-13-6-5-12(16(21)22)7-14(13)19(23)24/h1-7,18H,9H2,(H,21,22). The quantitative estimate of drug-likeness (QED) is 0.473. The van der Waals surface area contributed by atoms with Crippen LogP contribution in [0.4, 0.5) is 11.4 Å².